The van der Waals surface area contributed by atoms with E-state index in [1.165, 1.54) is 0 Å². The Bertz CT molecular complexity index is 376. The Morgan fingerprint density at radius 3 is 2.76 bits per heavy atom. The van der Waals surface area contributed by atoms with Crippen molar-refractivity contribution in [2.45, 2.75) is 31.7 Å². The number of hydrogen-bond donors (Lipinski definition) is 1. The monoisotopic (exact) mass is 236 g/mol. The lowest BCUT2D eigenvalue weighted by Gasteiger charge is -2.14. The maximum Gasteiger partial charge on any atom is 0.338 e. The lowest BCUT2D eigenvalue weighted by atomic mass is 10.1. The predicted molar refractivity (Wildman–Crippen MR) is 61.7 cm³/mol. The average Bonchev–Trinajstić information content (AvgIpc) is 2.71. The molecule has 0 amide bonds. The van der Waals surface area contributed by atoms with E-state index in [4.69, 9.17) is 14.6 Å². The normalized spacial score (nSPS) is 28.0. The Hall–Kier alpha value is -1.39. The standard InChI is InChI=1S/C13H16O4/c1-9-12(7-11(8-14)16-9)17-13(15)10-5-3-2-4-6-10/h2-6,9,11-12,14H,7-8H2,1H3/t9-,11-,12+/m0/s1. The summed E-state index contributed by atoms with van der Waals surface area (Å²) < 4.78 is 10.8. The summed E-state index contributed by atoms with van der Waals surface area (Å²) in [7, 11) is 0. The van der Waals surface area contributed by atoms with Crippen LogP contribution >= 0.6 is 0 Å². The Kier molecular flexibility index (Phi) is 3.76. The number of aliphatic hydroxyl groups excluding tert-OH is 1. The van der Waals surface area contributed by atoms with E-state index in [1.54, 1.807) is 24.3 Å². The van der Waals surface area contributed by atoms with Gasteiger partial charge in [-0.3, -0.25) is 0 Å². The van der Waals surface area contributed by atoms with Gasteiger partial charge in [0.2, 0.25) is 0 Å². The number of esters is 1. The number of aliphatic hydroxyl groups is 1. The minimum absolute atomic E-state index is 0.0380. The highest BCUT2D eigenvalue weighted by Gasteiger charge is 2.34. The van der Waals surface area contributed by atoms with Crippen LogP contribution in [0.1, 0.15) is 23.7 Å². The summed E-state index contributed by atoms with van der Waals surface area (Å²) >= 11 is 0. The predicted octanol–water partition coefficient (Wildman–Crippen LogP) is 1.38. The number of ether oxygens (including phenoxy) is 2. The van der Waals surface area contributed by atoms with Crippen LogP contribution in [0.2, 0.25) is 0 Å². The third kappa shape index (κ3) is 2.84. The topological polar surface area (TPSA) is 55.8 Å². The fourth-order valence-electron chi connectivity index (χ4n) is 1.94. The van der Waals surface area contributed by atoms with Gasteiger partial charge < -0.3 is 14.6 Å². The van der Waals surface area contributed by atoms with E-state index >= 15 is 0 Å². The van der Waals surface area contributed by atoms with E-state index in [2.05, 4.69) is 0 Å². The molecular weight excluding hydrogens is 220 g/mol. The zero-order chi connectivity index (χ0) is 12.3. The minimum atomic E-state index is -0.343. The molecule has 1 heterocycles. The van der Waals surface area contributed by atoms with Gasteiger partial charge in [-0.2, -0.15) is 0 Å². The van der Waals surface area contributed by atoms with Crippen LogP contribution in [0.5, 0.6) is 0 Å². The average molecular weight is 236 g/mol. The van der Waals surface area contributed by atoms with E-state index in [0.717, 1.165) is 0 Å². The van der Waals surface area contributed by atoms with E-state index in [1.807, 2.05) is 13.0 Å². The van der Waals surface area contributed by atoms with Crippen molar-refractivity contribution in [1.29, 1.82) is 0 Å². The van der Waals surface area contributed by atoms with E-state index in [0.29, 0.717) is 12.0 Å². The molecule has 0 spiro atoms. The summed E-state index contributed by atoms with van der Waals surface area (Å²) in [4.78, 5) is 11.8. The van der Waals surface area contributed by atoms with Crippen LogP contribution in [0.15, 0.2) is 30.3 Å². The van der Waals surface area contributed by atoms with Crippen LogP contribution in [0.4, 0.5) is 0 Å². The van der Waals surface area contributed by atoms with Gasteiger partial charge in [-0.05, 0) is 19.1 Å². The molecule has 1 N–H and O–H groups in total. The third-order valence-electron chi connectivity index (χ3n) is 2.90. The van der Waals surface area contributed by atoms with Crippen LogP contribution in [-0.2, 0) is 9.47 Å². The van der Waals surface area contributed by atoms with E-state index < -0.39 is 0 Å². The molecule has 0 aliphatic carbocycles. The lowest BCUT2D eigenvalue weighted by molar-refractivity contribution is -0.0133. The fraction of sp³-hybridized carbons (Fsp3) is 0.462. The molecule has 0 radical (unpaired) electrons. The van der Waals surface area contributed by atoms with Crippen LogP contribution in [0.3, 0.4) is 0 Å². The summed E-state index contributed by atoms with van der Waals surface area (Å²) in [6.07, 6.45) is -0.116. The molecule has 1 aromatic carbocycles. The van der Waals surface area contributed by atoms with Gasteiger partial charge in [0.25, 0.3) is 0 Å². The third-order valence-corrected chi connectivity index (χ3v) is 2.90. The molecule has 1 aliphatic rings. The molecule has 0 unspecified atom stereocenters. The Morgan fingerprint density at radius 2 is 2.18 bits per heavy atom. The molecule has 1 fully saturated rings. The molecule has 4 heteroatoms. The molecule has 1 saturated heterocycles. The zero-order valence-corrected chi connectivity index (χ0v) is 9.70. The molecule has 2 rings (SSSR count). The largest absolute Gasteiger partial charge is 0.456 e. The fourth-order valence-corrected chi connectivity index (χ4v) is 1.94. The van der Waals surface area contributed by atoms with E-state index in [-0.39, 0.29) is 30.9 Å². The lowest BCUT2D eigenvalue weighted by Crippen LogP contribution is -2.24. The van der Waals surface area contributed by atoms with Crippen molar-refractivity contribution in [3.8, 4) is 0 Å². The second-order valence-electron chi connectivity index (χ2n) is 4.19. The molecule has 1 aromatic rings. The first-order chi connectivity index (χ1) is 8.20. The van der Waals surface area contributed by atoms with Gasteiger partial charge in [-0.1, -0.05) is 18.2 Å². The number of hydrogen-bond acceptors (Lipinski definition) is 4. The summed E-state index contributed by atoms with van der Waals surface area (Å²) in [5.41, 5.74) is 0.534. The SMILES string of the molecule is C[C@@H]1O[C@H](CO)C[C@H]1OC(=O)c1ccccc1. The molecule has 0 bridgehead atoms. The quantitative estimate of drug-likeness (QED) is 0.806. The second kappa shape index (κ2) is 5.29. The number of carbonyl (C=O) groups is 1. The first-order valence-corrected chi connectivity index (χ1v) is 5.73. The molecular formula is C13H16O4. The highest BCUT2D eigenvalue weighted by Crippen LogP contribution is 2.23. The van der Waals surface area contributed by atoms with Crippen LogP contribution in [0.25, 0.3) is 0 Å². The van der Waals surface area contributed by atoms with Crippen LogP contribution in [-0.4, -0.2) is 36.0 Å². The summed E-state index contributed by atoms with van der Waals surface area (Å²) in [5, 5.41) is 8.99. The van der Waals surface area contributed by atoms with Crippen LogP contribution < -0.4 is 0 Å². The van der Waals surface area contributed by atoms with Gasteiger partial charge in [0.05, 0.1) is 24.4 Å². The van der Waals surface area contributed by atoms with Gasteiger partial charge in [0.15, 0.2) is 0 Å². The maximum atomic E-state index is 11.8. The molecule has 0 saturated carbocycles. The Balaban J connectivity index is 1.96. The van der Waals surface area contributed by atoms with Crippen LogP contribution in [0, 0.1) is 0 Å². The second-order valence-corrected chi connectivity index (χ2v) is 4.19. The number of rotatable bonds is 3. The number of carbonyl (C=O) groups excluding carboxylic acids is 1. The highest BCUT2D eigenvalue weighted by molar-refractivity contribution is 5.89. The van der Waals surface area contributed by atoms with Gasteiger partial charge in [-0.15, -0.1) is 0 Å². The molecule has 1 aliphatic heterocycles. The summed E-state index contributed by atoms with van der Waals surface area (Å²) in [6, 6.07) is 8.86. The molecule has 17 heavy (non-hydrogen) atoms. The zero-order valence-electron chi connectivity index (χ0n) is 9.70. The van der Waals surface area contributed by atoms with Crippen molar-refractivity contribution >= 4 is 5.97 Å². The Labute approximate surface area is 100 Å². The van der Waals surface area contributed by atoms with Crippen molar-refractivity contribution in [3.05, 3.63) is 35.9 Å². The molecule has 4 nitrogen and oxygen atoms in total. The van der Waals surface area contributed by atoms with Gasteiger partial charge in [0.1, 0.15) is 6.10 Å². The first-order valence-electron chi connectivity index (χ1n) is 5.73. The van der Waals surface area contributed by atoms with E-state index in [9.17, 15) is 4.79 Å². The molecule has 92 valence electrons. The summed E-state index contributed by atoms with van der Waals surface area (Å²) in [6.45, 7) is 1.81. The van der Waals surface area contributed by atoms with Crippen molar-refractivity contribution in [2.24, 2.45) is 0 Å². The van der Waals surface area contributed by atoms with Gasteiger partial charge in [0, 0.05) is 6.42 Å². The number of benzene rings is 1. The smallest absolute Gasteiger partial charge is 0.338 e. The van der Waals surface area contributed by atoms with Crippen molar-refractivity contribution in [2.75, 3.05) is 6.61 Å². The van der Waals surface area contributed by atoms with Crippen molar-refractivity contribution in [3.63, 3.8) is 0 Å². The van der Waals surface area contributed by atoms with Gasteiger partial charge >= 0.3 is 5.97 Å². The first kappa shape index (κ1) is 12.1. The van der Waals surface area contributed by atoms with Crippen molar-refractivity contribution in [1.82, 2.24) is 0 Å². The molecule has 3 atom stereocenters. The molecule has 0 aromatic heterocycles. The van der Waals surface area contributed by atoms with Gasteiger partial charge in [-0.25, -0.2) is 4.79 Å². The van der Waals surface area contributed by atoms with Crippen molar-refractivity contribution < 1.29 is 19.4 Å². The Morgan fingerprint density at radius 1 is 1.47 bits per heavy atom. The summed E-state index contributed by atoms with van der Waals surface area (Å²) in [5.74, 6) is -0.343. The minimum Gasteiger partial charge on any atom is -0.456 e. The highest BCUT2D eigenvalue weighted by atomic mass is 16.6. The maximum absolute atomic E-state index is 11.8.